The van der Waals surface area contributed by atoms with Gasteiger partial charge in [-0.25, -0.2) is 0 Å². The highest BCUT2D eigenvalue weighted by Gasteiger charge is 2.15. The van der Waals surface area contributed by atoms with Gasteiger partial charge in [-0.05, 0) is 13.0 Å². The fraction of sp³-hybridized carbons (Fsp3) is 0.538. The quantitative estimate of drug-likeness (QED) is 0.598. The Bertz CT molecular complexity index is 444. The van der Waals surface area contributed by atoms with E-state index >= 15 is 0 Å². The molecule has 0 atom stereocenters. The average molecular weight is 266 g/mol. The highest BCUT2D eigenvalue weighted by Crippen LogP contribution is 2.26. The van der Waals surface area contributed by atoms with Gasteiger partial charge in [0.2, 0.25) is 0 Å². The number of benzene rings is 1. The van der Waals surface area contributed by atoms with Crippen LogP contribution in [-0.4, -0.2) is 49.3 Å². The van der Waals surface area contributed by atoms with Gasteiger partial charge in [-0.1, -0.05) is 6.07 Å². The third kappa shape index (κ3) is 3.65. The summed E-state index contributed by atoms with van der Waals surface area (Å²) in [5.74, 6) is 0.586. The lowest BCUT2D eigenvalue weighted by Crippen LogP contribution is -2.38. The smallest absolute Gasteiger partial charge is 0.276 e. The van der Waals surface area contributed by atoms with Gasteiger partial charge in [0.25, 0.3) is 5.69 Å². The zero-order valence-corrected chi connectivity index (χ0v) is 11.0. The van der Waals surface area contributed by atoms with Crippen LogP contribution in [0.3, 0.4) is 0 Å². The van der Waals surface area contributed by atoms with Crippen LogP contribution in [0.15, 0.2) is 18.2 Å². The van der Waals surface area contributed by atoms with E-state index in [9.17, 15) is 10.1 Å². The molecule has 1 saturated heterocycles. The molecule has 0 unspecified atom stereocenters. The second kappa shape index (κ2) is 6.49. The monoisotopic (exact) mass is 266 g/mol. The Balaban J connectivity index is 1.88. The van der Waals surface area contributed by atoms with E-state index in [1.807, 2.05) is 0 Å². The maximum atomic E-state index is 10.8. The number of rotatable bonds is 5. The highest BCUT2D eigenvalue weighted by molar-refractivity contribution is 5.48. The van der Waals surface area contributed by atoms with E-state index in [1.165, 1.54) is 6.07 Å². The van der Waals surface area contributed by atoms with Crippen LogP contribution >= 0.6 is 0 Å². The molecule has 2 rings (SSSR count). The Morgan fingerprint density at radius 1 is 1.42 bits per heavy atom. The zero-order valence-electron chi connectivity index (χ0n) is 11.0. The molecular weight excluding hydrogens is 248 g/mol. The van der Waals surface area contributed by atoms with Crippen LogP contribution in [0.4, 0.5) is 5.69 Å². The van der Waals surface area contributed by atoms with Crippen LogP contribution in [0.25, 0.3) is 0 Å². The van der Waals surface area contributed by atoms with Gasteiger partial charge in [0.05, 0.1) is 23.7 Å². The first kappa shape index (κ1) is 13.8. The lowest BCUT2D eigenvalue weighted by atomic mass is 10.2. The molecule has 6 heteroatoms. The number of nitro benzene ring substituents is 1. The molecule has 0 radical (unpaired) electrons. The molecule has 1 heterocycles. The molecule has 0 spiro atoms. The number of hydrogen-bond acceptors (Lipinski definition) is 5. The summed E-state index contributed by atoms with van der Waals surface area (Å²) in [4.78, 5) is 12.7. The van der Waals surface area contributed by atoms with Crippen LogP contribution < -0.4 is 4.74 Å². The summed E-state index contributed by atoms with van der Waals surface area (Å²) in [6.07, 6.45) is 0. The normalized spacial score (nSPS) is 16.3. The van der Waals surface area contributed by atoms with Gasteiger partial charge in [-0.15, -0.1) is 0 Å². The third-order valence-corrected chi connectivity index (χ3v) is 3.22. The Morgan fingerprint density at radius 3 is 2.84 bits per heavy atom. The minimum absolute atomic E-state index is 0.101. The Morgan fingerprint density at radius 2 is 2.16 bits per heavy atom. The van der Waals surface area contributed by atoms with Gasteiger partial charge >= 0.3 is 0 Å². The van der Waals surface area contributed by atoms with Gasteiger partial charge < -0.3 is 9.47 Å². The average Bonchev–Trinajstić information content (AvgIpc) is 2.41. The molecule has 1 fully saturated rings. The van der Waals surface area contributed by atoms with Crippen LogP contribution in [0.2, 0.25) is 0 Å². The summed E-state index contributed by atoms with van der Waals surface area (Å²) in [7, 11) is 0. The van der Waals surface area contributed by atoms with E-state index in [0.29, 0.717) is 17.9 Å². The van der Waals surface area contributed by atoms with Gasteiger partial charge in [0, 0.05) is 25.7 Å². The van der Waals surface area contributed by atoms with Gasteiger partial charge in [0.15, 0.2) is 0 Å². The lowest BCUT2D eigenvalue weighted by Gasteiger charge is -2.26. The first-order valence-corrected chi connectivity index (χ1v) is 6.35. The summed E-state index contributed by atoms with van der Waals surface area (Å²) in [6, 6.07) is 4.90. The standard InChI is InChI=1S/C13H18N2O4/c1-11-12(15(16)17)3-2-4-13(11)19-10-7-14-5-8-18-9-6-14/h2-4H,5-10H2,1H3. The molecule has 0 aliphatic carbocycles. The van der Waals surface area contributed by atoms with E-state index in [1.54, 1.807) is 19.1 Å². The van der Waals surface area contributed by atoms with Crippen molar-refractivity contribution < 1.29 is 14.4 Å². The fourth-order valence-corrected chi connectivity index (χ4v) is 2.07. The molecule has 104 valence electrons. The fourth-order valence-electron chi connectivity index (χ4n) is 2.07. The minimum atomic E-state index is -0.385. The van der Waals surface area contributed by atoms with Crippen molar-refractivity contribution in [3.8, 4) is 5.75 Å². The van der Waals surface area contributed by atoms with Crippen molar-refractivity contribution in [2.45, 2.75) is 6.92 Å². The third-order valence-electron chi connectivity index (χ3n) is 3.22. The molecule has 0 amide bonds. The van der Waals surface area contributed by atoms with Crippen molar-refractivity contribution in [1.29, 1.82) is 0 Å². The number of nitro groups is 1. The first-order valence-electron chi connectivity index (χ1n) is 6.35. The number of morpholine rings is 1. The van der Waals surface area contributed by atoms with E-state index in [-0.39, 0.29) is 10.6 Å². The molecule has 1 aromatic carbocycles. The van der Waals surface area contributed by atoms with E-state index in [0.717, 1.165) is 32.8 Å². The maximum Gasteiger partial charge on any atom is 0.276 e. The van der Waals surface area contributed by atoms with Crippen molar-refractivity contribution in [2.24, 2.45) is 0 Å². The second-order valence-corrected chi connectivity index (χ2v) is 4.46. The largest absolute Gasteiger partial charge is 0.492 e. The molecule has 0 aromatic heterocycles. The molecule has 1 aliphatic rings. The van der Waals surface area contributed by atoms with Gasteiger partial charge in [0.1, 0.15) is 12.4 Å². The van der Waals surface area contributed by atoms with E-state index < -0.39 is 0 Å². The van der Waals surface area contributed by atoms with Crippen LogP contribution in [0.5, 0.6) is 5.75 Å². The Labute approximate surface area is 112 Å². The zero-order chi connectivity index (χ0) is 13.7. The summed E-state index contributed by atoms with van der Waals surface area (Å²) < 4.78 is 10.9. The molecule has 6 nitrogen and oxygen atoms in total. The Hall–Kier alpha value is -1.66. The molecule has 19 heavy (non-hydrogen) atoms. The van der Waals surface area contributed by atoms with Crippen molar-refractivity contribution in [3.63, 3.8) is 0 Å². The summed E-state index contributed by atoms with van der Waals surface area (Å²) in [5, 5.41) is 10.8. The minimum Gasteiger partial charge on any atom is -0.492 e. The molecule has 0 saturated carbocycles. The van der Waals surface area contributed by atoms with Crippen LogP contribution in [-0.2, 0) is 4.74 Å². The van der Waals surface area contributed by atoms with Crippen LogP contribution in [0.1, 0.15) is 5.56 Å². The van der Waals surface area contributed by atoms with Gasteiger partial charge in [-0.3, -0.25) is 15.0 Å². The topological polar surface area (TPSA) is 64.8 Å². The Kier molecular flexibility index (Phi) is 4.70. The molecule has 1 aromatic rings. The van der Waals surface area contributed by atoms with Crippen molar-refractivity contribution >= 4 is 5.69 Å². The number of ether oxygens (including phenoxy) is 2. The van der Waals surface area contributed by atoms with E-state index in [2.05, 4.69) is 4.90 Å². The first-order chi connectivity index (χ1) is 9.18. The lowest BCUT2D eigenvalue weighted by molar-refractivity contribution is -0.385. The SMILES string of the molecule is Cc1c(OCCN2CCOCC2)cccc1[N+](=O)[O-]. The molecule has 1 aliphatic heterocycles. The van der Waals surface area contributed by atoms with Crippen molar-refractivity contribution in [3.05, 3.63) is 33.9 Å². The maximum absolute atomic E-state index is 10.8. The summed E-state index contributed by atoms with van der Waals surface area (Å²) in [5.41, 5.74) is 0.679. The van der Waals surface area contributed by atoms with Crippen LogP contribution in [0, 0.1) is 17.0 Å². The summed E-state index contributed by atoms with van der Waals surface area (Å²) in [6.45, 7) is 6.40. The molecule has 0 N–H and O–H groups in total. The second-order valence-electron chi connectivity index (χ2n) is 4.46. The van der Waals surface area contributed by atoms with E-state index in [4.69, 9.17) is 9.47 Å². The molecular formula is C13H18N2O4. The molecule has 0 bridgehead atoms. The van der Waals surface area contributed by atoms with Crippen molar-refractivity contribution in [1.82, 2.24) is 4.90 Å². The highest BCUT2D eigenvalue weighted by atomic mass is 16.6. The number of hydrogen-bond donors (Lipinski definition) is 0. The van der Waals surface area contributed by atoms with Gasteiger partial charge in [-0.2, -0.15) is 0 Å². The predicted molar refractivity (Wildman–Crippen MR) is 70.6 cm³/mol. The van der Waals surface area contributed by atoms with Crippen molar-refractivity contribution in [2.75, 3.05) is 39.5 Å². The summed E-state index contributed by atoms with van der Waals surface area (Å²) >= 11 is 0. The number of nitrogens with zero attached hydrogens (tertiary/aromatic N) is 2. The predicted octanol–water partition coefficient (Wildman–Crippen LogP) is 1.61.